The SMILES string of the molecule is CC1SCCN(C(=O)c2ccc(C#CCO)c(F)c2)C1C. The van der Waals surface area contributed by atoms with Crippen LogP contribution in [0.15, 0.2) is 18.2 Å². The van der Waals surface area contributed by atoms with Crippen molar-refractivity contribution in [3.63, 3.8) is 0 Å². The van der Waals surface area contributed by atoms with Crippen LogP contribution in [0.25, 0.3) is 0 Å². The number of hydrogen-bond acceptors (Lipinski definition) is 3. The number of carbonyl (C=O) groups excluding carboxylic acids is 1. The Labute approximate surface area is 128 Å². The quantitative estimate of drug-likeness (QED) is 0.808. The van der Waals surface area contributed by atoms with Crippen LogP contribution in [0.5, 0.6) is 0 Å². The fourth-order valence-corrected chi connectivity index (χ4v) is 3.37. The average Bonchev–Trinajstić information content (AvgIpc) is 2.48. The van der Waals surface area contributed by atoms with E-state index in [1.165, 1.54) is 12.1 Å². The van der Waals surface area contributed by atoms with Gasteiger partial charge in [0.25, 0.3) is 5.91 Å². The van der Waals surface area contributed by atoms with Gasteiger partial charge in [-0.2, -0.15) is 11.8 Å². The maximum absolute atomic E-state index is 13.9. The number of rotatable bonds is 1. The number of benzene rings is 1. The molecular weight excluding hydrogens is 289 g/mol. The molecule has 0 aliphatic carbocycles. The number of amides is 1. The largest absolute Gasteiger partial charge is 0.384 e. The van der Waals surface area contributed by atoms with E-state index in [-0.39, 0.29) is 24.1 Å². The van der Waals surface area contributed by atoms with Crippen LogP contribution in [0, 0.1) is 17.7 Å². The summed E-state index contributed by atoms with van der Waals surface area (Å²) in [6, 6.07) is 4.43. The van der Waals surface area contributed by atoms with Crippen LogP contribution in [-0.2, 0) is 0 Å². The molecule has 1 aromatic rings. The van der Waals surface area contributed by atoms with E-state index in [0.29, 0.717) is 17.4 Å². The van der Waals surface area contributed by atoms with Gasteiger partial charge in [0.05, 0.1) is 5.56 Å². The van der Waals surface area contributed by atoms with E-state index in [1.807, 2.05) is 18.7 Å². The Balaban J connectivity index is 2.21. The van der Waals surface area contributed by atoms with Gasteiger partial charge in [-0.1, -0.05) is 18.8 Å². The summed E-state index contributed by atoms with van der Waals surface area (Å²) in [5.41, 5.74) is 0.532. The highest BCUT2D eigenvalue weighted by Crippen LogP contribution is 2.25. The normalized spacial score (nSPS) is 21.6. The molecule has 5 heteroatoms. The van der Waals surface area contributed by atoms with E-state index < -0.39 is 5.82 Å². The lowest BCUT2D eigenvalue weighted by Crippen LogP contribution is -2.47. The average molecular weight is 307 g/mol. The Morgan fingerprint density at radius 2 is 2.29 bits per heavy atom. The van der Waals surface area contributed by atoms with Crippen molar-refractivity contribution in [1.29, 1.82) is 0 Å². The molecule has 2 unspecified atom stereocenters. The Morgan fingerprint density at radius 1 is 1.52 bits per heavy atom. The van der Waals surface area contributed by atoms with Crippen molar-refractivity contribution >= 4 is 17.7 Å². The first-order valence-corrected chi connectivity index (χ1v) is 7.91. The Bertz CT molecular complexity index is 594. The molecule has 0 radical (unpaired) electrons. The third-order valence-corrected chi connectivity index (χ3v) is 5.00. The third-order valence-electron chi connectivity index (χ3n) is 3.66. The van der Waals surface area contributed by atoms with Crippen LogP contribution in [0.4, 0.5) is 4.39 Å². The van der Waals surface area contributed by atoms with Crippen molar-refractivity contribution in [2.75, 3.05) is 18.9 Å². The van der Waals surface area contributed by atoms with Gasteiger partial charge in [-0.15, -0.1) is 0 Å². The Hall–Kier alpha value is -1.51. The number of halogens is 1. The van der Waals surface area contributed by atoms with Gasteiger partial charge in [0.1, 0.15) is 12.4 Å². The van der Waals surface area contributed by atoms with Crippen LogP contribution in [-0.4, -0.2) is 46.1 Å². The molecule has 0 aromatic heterocycles. The van der Waals surface area contributed by atoms with Gasteiger partial charge < -0.3 is 10.0 Å². The molecule has 1 aromatic carbocycles. The van der Waals surface area contributed by atoms with Crippen LogP contribution in [0.3, 0.4) is 0 Å². The van der Waals surface area contributed by atoms with Gasteiger partial charge >= 0.3 is 0 Å². The minimum atomic E-state index is -0.533. The van der Waals surface area contributed by atoms with E-state index in [0.717, 1.165) is 5.75 Å². The minimum Gasteiger partial charge on any atom is -0.384 e. The fourth-order valence-electron chi connectivity index (χ4n) is 2.27. The molecule has 2 atom stereocenters. The molecule has 21 heavy (non-hydrogen) atoms. The highest BCUT2D eigenvalue weighted by Gasteiger charge is 2.29. The molecule has 1 aliphatic heterocycles. The van der Waals surface area contributed by atoms with Gasteiger partial charge in [-0.05, 0) is 25.1 Å². The van der Waals surface area contributed by atoms with E-state index >= 15 is 0 Å². The lowest BCUT2D eigenvalue weighted by Gasteiger charge is -2.37. The molecule has 0 bridgehead atoms. The van der Waals surface area contributed by atoms with E-state index in [4.69, 9.17) is 5.11 Å². The molecule has 112 valence electrons. The summed E-state index contributed by atoms with van der Waals surface area (Å²) in [7, 11) is 0. The minimum absolute atomic E-state index is 0.133. The van der Waals surface area contributed by atoms with Gasteiger partial charge in [-0.25, -0.2) is 4.39 Å². The van der Waals surface area contributed by atoms with Crippen molar-refractivity contribution in [2.45, 2.75) is 25.1 Å². The monoisotopic (exact) mass is 307 g/mol. The smallest absolute Gasteiger partial charge is 0.254 e. The zero-order chi connectivity index (χ0) is 15.4. The van der Waals surface area contributed by atoms with Gasteiger partial charge in [-0.3, -0.25) is 4.79 Å². The summed E-state index contributed by atoms with van der Waals surface area (Å²) >= 11 is 1.85. The first kappa shape index (κ1) is 15.9. The maximum atomic E-state index is 13.9. The zero-order valence-electron chi connectivity index (χ0n) is 12.1. The van der Waals surface area contributed by atoms with Crippen LogP contribution in [0.1, 0.15) is 29.8 Å². The Kier molecular flexibility index (Phi) is 5.27. The molecular formula is C16H18FNO2S. The van der Waals surface area contributed by atoms with Crippen molar-refractivity contribution in [3.8, 4) is 11.8 Å². The molecule has 2 rings (SSSR count). The molecule has 1 saturated heterocycles. The number of aliphatic hydroxyl groups is 1. The number of nitrogens with zero attached hydrogens (tertiary/aromatic N) is 1. The summed E-state index contributed by atoms with van der Waals surface area (Å²) in [5.74, 6) is 5.14. The summed E-state index contributed by atoms with van der Waals surface area (Å²) in [6.07, 6.45) is 0. The number of thioether (sulfide) groups is 1. The lowest BCUT2D eigenvalue weighted by molar-refractivity contribution is 0.0697. The summed E-state index contributed by atoms with van der Waals surface area (Å²) in [5, 5.41) is 9.00. The van der Waals surface area contributed by atoms with Crippen molar-refractivity contribution in [1.82, 2.24) is 4.90 Å². The summed E-state index contributed by atoms with van der Waals surface area (Å²) < 4.78 is 13.9. The fraction of sp³-hybridized carbons (Fsp3) is 0.438. The predicted molar refractivity (Wildman–Crippen MR) is 82.8 cm³/mol. The van der Waals surface area contributed by atoms with Crippen LogP contribution in [0.2, 0.25) is 0 Å². The zero-order valence-corrected chi connectivity index (χ0v) is 12.9. The first-order valence-electron chi connectivity index (χ1n) is 6.86. The molecule has 1 N–H and O–H groups in total. The van der Waals surface area contributed by atoms with Crippen molar-refractivity contribution in [3.05, 3.63) is 35.1 Å². The van der Waals surface area contributed by atoms with Gasteiger partial charge in [0, 0.05) is 29.2 Å². The van der Waals surface area contributed by atoms with E-state index in [2.05, 4.69) is 18.8 Å². The molecule has 1 fully saturated rings. The number of carbonyl (C=O) groups is 1. The predicted octanol–water partition coefficient (Wildman–Crippen LogP) is 2.14. The maximum Gasteiger partial charge on any atom is 0.254 e. The summed E-state index contributed by atoms with van der Waals surface area (Å²) in [6.45, 7) is 4.48. The van der Waals surface area contributed by atoms with Gasteiger partial charge in [0.15, 0.2) is 0 Å². The second kappa shape index (κ2) is 6.97. The summed E-state index contributed by atoms with van der Waals surface area (Å²) in [4.78, 5) is 14.3. The lowest BCUT2D eigenvalue weighted by atomic mass is 10.1. The number of aliphatic hydroxyl groups excluding tert-OH is 1. The molecule has 1 heterocycles. The highest BCUT2D eigenvalue weighted by atomic mass is 32.2. The molecule has 3 nitrogen and oxygen atoms in total. The van der Waals surface area contributed by atoms with Crippen molar-refractivity contribution < 1.29 is 14.3 Å². The van der Waals surface area contributed by atoms with Crippen LogP contribution < -0.4 is 0 Å². The molecule has 1 aliphatic rings. The Morgan fingerprint density at radius 3 is 2.95 bits per heavy atom. The second-order valence-electron chi connectivity index (χ2n) is 4.97. The first-order chi connectivity index (χ1) is 10.0. The van der Waals surface area contributed by atoms with E-state index in [1.54, 1.807) is 11.0 Å². The van der Waals surface area contributed by atoms with Crippen molar-refractivity contribution in [2.24, 2.45) is 0 Å². The van der Waals surface area contributed by atoms with Crippen LogP contribution >= 0.6 is 11.8 Å². The second-order valence-corrected chi connectivity index (χ2v) is 6.45. The topological polar surface area (TPSA) is 40.5 Å². The third kappa shape index (κ3) is 3.58. The molecule has 0 spiro atoms. The molecule has 1 amide bonds. The molecule has 0 saturated carbocycles. The standard InChI is InChI=1S/C16H18FNO2S/c1-11-12(2)21-9-7-18(11)16(20)14-6-5-13(4-3-8-19)15(17)10-14/h5-6,10-12,19H,7-9H2,1-2H3. The van der Waals surface area contributed by atoms with Gasteiger partial charge in [0.2, 0.25) is 0 Å². The number of hydrogen-bond donors (Lipinski definition) is 1. The van der Waals surface area contributed by atoms with E-state index in [9.17, 15) is 9.18 Å². The highest BCUT2D eigenvalue weighted by molar-refractivity contribution is 8.00.